The number of hydrogen-bond acceptors (Lipinski definition) is 5. The van der Waals surface area contributed by atoms with E-state index < -0.39 is 23.1 Å². The van der Waals surface area contributed by atoms with Gasteiger partial charge in [0.2, 0.25) is 0 Å². The molecule has 13 heavy (non-hydrogen) atoms. The minimum atomic E-state index is -2.27. The van der Waals surface area contributed by atoms with Crippen LogP contribution in [-0.2, 0) is 15.8 Å². The third-order valence-corrected chi connectivity index (χ3v) is 2.00. The number of ether oxygens (including phenoxy) is 1. The van der Waals surface area contributed by atoms with Gasteiger partial charge in [0.15, 0.2) is 0 Å². The van der Waals surface area contributed by atoms with Crippen LogP contribution in [0, 0.1) is 0 Å². The third-order valence-electron chi connectivity index (χ3n) is 1.62. The zero-order chi connectivity index (χ0) is 9.68. The zero-order valence-electron chi connectivity index (χ0n) is 6.95. The summed E-state index contributed by atoms with van der Waals surface area (Å²) in [6.07, 6.45) is -0.0496. The fraction of sp³-hybridized carbons (Fsp3) is 0.833. The first-order chi connectivity index (χ1) is 6.18. The molecule has 0 spiro atoms. The SMILES string of the molecule is O=C(NCS(=O)[O-])O[C@@H]1CCNC1. The van der Waals surface area contributed by atoms with Crippen LogP contribution >= 0.6 is 0 Å². The van der Waals surface area contributed by atoms with Crippen molar-refractivity contribution in [1.82, 2.24) is 10.6 Å². The van der Waals surface area contributed by atoms with E-state index in [4.69, 9.17) is 4.74 Å². The molecule has 7 heteroatoms. The van der Waals surface area contributed by atoms with Crippen LogP contribution in [0.1, 0.15) is 6.42 Å². The normalized spacial score (nSPS) is 23.9. The van der Waals surface area contributed by atoms with E-state index in [0.717, 1.165) is 13.0 Å². The van der Waals surface area contributed by atoms with Crippen LogP contribution in [0.3, 0.4) is 0 Å². The molecule has 1 saturated heterocycles. The van der Waals surface area contributed by atoms with Crippen LogP contribution in [0.4, 0.5) is 4.79 Å². The summed E-state index contributed by atoms with van der Waals surface area (Å²) in [4.78, 5) is 10.9. The van der Waals surface area contributed by atoms with Crippen molar-refractivity contribution >= 4 is 17.2 Å². The molecule has 1 aliphatic rings. The summed E-state index contributed by atoms with van der Waals surface area (Å²) in [5, 5.41) is 5.12. The highest BCUT2D eigenvalue weighted by Gasteiger charge is 2.18. The van der Waals surface area contributed by atoms with E-state index in [9.17, 15) is 13.6 Å². The van der Waals surface area contributed by atoms with Crippen molar-refractivity contribution in [2.75, 3.05) is 19.0 Å². The van der Waals surface area contributed by atoms with E-state index in [1.807, 2.05) is 0 Å². The highest BCUT2D eigenvalue weighted by molar-refractivity contribution is 7.79. The minimum absolute atomic E-state index is 0.139. The van der Waals surface area contributed by atoms with Gasteiger partial charge in [-0.2, -0.15) is 0 Å². The smallest absolute Gasteiger partial charge is 0.408 e. The third kappa shape index (κ3) is 4.20. The lowest BCUT2D eigenvalue weighted by molar-refractivity contribution is 0.108. The van der Waals surface area contributed by atoms with E-state index in [1.54, 1.807) is 0 Å². The molecule has 1 amide bonds. The number of carbonyl (C=O) groups is 1. The fourth-order valence-corrected chi connectivity index (χ4v) is 1.28. The van der Waals surface area contributed by atoms with Gasteiger partial charge >= 0.3 is 6.09 Å². The van der Waals surface area contributed by atoms with Crippen molar-refractivity contribution in [2.24, 2.45) is 0 Å². The standard InChI is InChI=1S/C6H12N2O4S/c9-6(8-4-13(10)11)12-5-1-2-7-3-5/h5,7H,1-4H2,(H,8,9)(H,10,11)/p-1/t5-/m1/s1. The predicted octanol–water partition coefficient (Wildman–Crippen LogP) is -1.09. The maximum atomic E-state index is 10.9. The molecule has 1 rings (SSSR count). The van der Waals surface area contributed by atoms with Crippen LogP contribution in [0.2, 0.25) is 0 Å². The lowest BCUT2D eigenvalue weighted by atomic mass is 10.3. The summed E-state index contributed by atoms with van der Waals surface area (Å²) >= 11 is -2.27. The maximum Gasteiger partial charge on any atom is 0.408 e. The summed E-state index contributed by atoms with van der Waals surface area (Å²) < 4.78 is 25.0. The van der Waals surface area contributed by atoms with E-state index in [1.165, 1.54) is 0 Å². The molecule has 0 bridgehead atoms. The van der Waals surface area contributed by atoms with Crippen molar-refractivity contribution in [3.8, 4) is 0 Å². The summed E-state index contributed by atoms with van der Waals surface area (Å²) in [5.41, 5.74) is 0. The lowest BCUT2D eigenvalue weighted by Gasteiger charge is -2.12. The zero-order valence-corrected chi connectivity index (χ0v) is 7.76. The van der Waals surface area contributed by atoms with Crippen molar-refractivity contribution in [1.29, 1.82) is 0 Å². The second-order valence-corrected chi connectivity index (χ2v) is 3.54. The molecular formula is C6H11N2O4S-. The number of carbonyl (C=O) groups excluding carboxylic acids is 1. The van der Waals surface area contributed by atoms with Gasteiger partial charge in [0.25, 0.3) is 0 Å². The molecule has 1 unspecified atom stereocenters. The lowest BCUT2D eigenvalue weighted by Crippen LogP contribution is -2.32. The summed E-state index contributed by atoms with van der Waals surface area (Å²) in [6, 6.07) is 0. The molecule has 6 nitrogen and oxygen atoms in total. The Morgan fingerprint density at radius 2 is 2.54 bits per heavy atom. The second kappa shape index (κ2) is 5.15. The molecular weight excluding hydrogens is 196 g/mol. The average Bonchev–Trinajstić information content (AvgIpc) is 2.53. The number of amides is 1. The molecule has 0 radical (unpaired) electrons. The van der Waals surface area contributed by atoms with Gasteiger partial charge in [0, 0.05) is 6.54 Å². The first kappa shape index (κ1) is 10.4. The summed E-state index contributed by atoms with van der Waals surface area (Å²) in [5.74, 6) is -0.404. The van der Waals surface area contributed by atoms with Crippen molar-refractivity contribution in [3.63, 3.8) is 0 Å². The average molecular weight is 207 g/mol. The molecule has 0 aliphatic carbocycles. The summed E-state index contributed by atoms with van der Waals surface area (Å²) in [7, 11) is 0. The van der Waals surface area contributed by atoms with Gasteiger partial charge in [-0.25, -0.2) is 4.79 Å². The van der Waals surface area contributed by atoms with Crippen LogP contribution in [0.15, 0.2) is 0 Å². The van der Waals surface area contributed by atoms with Crippen LogP contribution in [0.5, 0.6) is 0 Å². The van der Waals surface area contributed by atoms with Crippen LogP contribution in [0.25, 0.3) is 0 Å². The van der Waals surface area contributed by atoms with Crippen molar-refractivity contribution < 1.29 is 18.3 Å². The first-order valence-corrected chi connectivity index (χ1v) is 5.14. The van der Waals surface area contributed by atoms with E-state index in [0.29, 0.717) is 6.54 Å². The number of alkyl carbamates (subject to hydrolysis) is 1. The fourth-order valence-electron chi connectivity index (χ4n) is 1.04. The quantitative estimate of drug-likeness (QED) is 0.574. The molecule has 0 aromatic carbocycles. The minimum Gasteiger partial charge on any atom is -0.771 e. The molecule has 1 fully saturated rings. The Morgan fingerprint density at radius 3 is 3.08 bits per heavy atom. The number of nitrogens with one attached hydrogen (secondary N) is 2. The summed E-state index contributed by atoms with van der Waals surface area (Å²) in [6.45, 7) is 1.46. The Kier molecular flexibility index (Phi) is 4.13. The molecule has 0 aromatic rings. The largest absolute Gasteiger partial charge is 0.771 e. The second-order valence-electron chi connectivity index (χ2n) is 2.64. The van der Waals surface area contributed by atoms with Gasteiger partial charge in [0.05, 0.1) is 5.88 Å². The Morgan fingerprint density at radius 1 is 1.77 bits per heavy atom. The molecule has 2 atom stereocenters. The highest BCUT2D eigenvalue weighted by atomic mass is 32.2. The van der Waals surface area contributed by atoms with Gasteiger partial charge in [-0.1, -0.05) is 0 Å². The maximum absolute atomic E-state index is 10.9. The molecule has 2 N–H and O–H groups in total. The first-order valence-electron chi connectivity index (χ1n) is 3.89. The van der Waals surface area contributed by atoms with E-state index >= 15 is 0 Å². The predicted molar refractivity (Wildman–Crippen MR) is 44.7 cm³/mol. The number of rotatable bonds is 3. The van der Waals surface area contributed by atoms with Crippen LogP contribution in [-0.4, -0.2) is 39.9 Å². The Balaban J connectivity index is 2.13. The molecule has 1 aliphatic heterocycles. The molecule has 76 valence electrons. The Labute approximate surface area is 78.3 Å². The van der Waals surface area contributed by atoms with Crippen LogP contribution < -0.4 is 10.6 Å². The van der Waals surface area contributed by atoms with Crippen molar-refractivity contribution in [2.45, 2.75) is 12.5 Å². The monoisotopic (exact) mass is 207 g/mol. The topological polar surface area (TPSA) is 90.5 Å². The van der Waals surface area contributed by atoms with E-state index in [-0.39, 0.29) is 6.10 Å². The Hall–Kier alpha value is -0.660. The highest BCUT2D eigenvalue weighted by Crippen LogP contribution is 2.02. The molecule has 0 saturated carbocycles. The van der Waals surface area contributed by atoms with Gasteiger partial charge in [-0.05, 0) is 24.0 Å². The van der Waals surface area contributed by atoms with Gasteiger partial charge < -0.3 is 19.9 Å². The van der Waals surface area contributed by atoms with Crippen molar-refractivity contribution in [3.05, 3.63) is 0 Å². The van der Waals surface area contributed by atoms with E-state index in [2.05, 4.69) is 10.6 Å². The molecule has 0 aromatic heterocycles. The Bertz CT molecular complexity index is 205. The van der Waals surface area contributed by atoms with Gasteiger partial charge in [-0.15, -0.1) is 0 Å². The molecule has 1 heterocycles. The van der Waals surface area contributed by atoms with Gasteiger partial charge in [-0.3, -0.25) is 4.21 Å². The number of hydrogen-bond donors (Lipinski definition) is 2. The van der Waals surface area contributed by atoms with Gasteiger partial charge in [0.1, 0.15) is 6.10 Å².